The second kappa shape index (κ2) is 5.43. The fourth-order valence-electron chi connectivity index (χ4n) is 1.95. The van der Waals surface area contributed by atoms with Crippen LogP contribution in [0.1, 0.15) is 39.5 Å². The Hall–Kier alpha value is -0.310. The molecule has 1 heterocycles. The van der Waals surface area contributed by atoms with E-state index in [9.17, 15) is 0 Å². The van der Waals surface area contributed by atoms with Gasteiger partial charge in [0, 0.05) is 19.1 Å². The molecular weight excluding hydrogens is 180 g/mol. The van der Waals surface area contributed by atoms with Gasteiger partial charge in [-0.05, 0) is 44.8 Å². The molecule has 1 unspecified atom stereocenters. The SMILES string of the molecule is CCNC(=S)N1CCCCC1CC. The molecule has 1 saturated heterocycles. The normalized spacial score (nSPS) is 22.9. The number of thiocarbonyl (C=S) groups is 1. The van der Waals surface area contributed by atoms with Crippen LogP contribution < -0.4 is 5.32 Å². The van der Waals surface area contributed by atoms with Crippen LogP contribution in [0.2, 0.25) is 0 Å². The van der Waals surface area contributed by atoms with Gasteiger partial charge >= 0.3 is 0 Å². The summed E-state index contributed by atoms with van der Waals surface area (Å²) >= 11 is 5.33. The first-order valence-corrected chi connectivity index (χ1v) is 5.74. The molecule has 0 spiro atoms. The van der Waals surface area contributed by atoms with E-state index >= 15 is 0 Å². The molecule has 1 rings (SSSR count). The van der Waals surface area contributed by atoms with Gasteiger partial charge in [0.1, 0.15) is 0 Å². The molecule has 0 bridgehead atoms. The molecule has 1 atom stereocenters. The van der Waals surface area contributed by atoms with Crippen molar-refractivity contribution in [3.8, 4) is 0 Å². The van der Waals surface area contributed by atoms with E-state index in [4.69, 9.17) is 12.2 Å². The quantitative estimate of drug-likeness (QED) is 0.688. The van der Waals surface area contributed by atoms with E-state index in [0.717, 1.165) is 18.2 Å². The third kappa shape index (κ3) is 2.83. The second-order valence-corrected chi connectivity index (χ2v) is 3.97. The highest BCUT2D eigenvalue weighted by Crippen LogP contribution is 2.19. The Morgan fingerprint density at radius 3 is 2.85 bits per heavy atom. The van der Waals surface area contributed by atoms with Crippen molar-refractivity contribution in [3.63, 3.8) is 0 Å². The van der Waals surface area contributed by atoms with Gasteiger partial charge < -0.3 is 10.2 Å². The number of hydrogen-bond acceptors (Lipinski definition) is 1. The molecule has 0 aromatic heterocycles. The van der Waals surface area contributed by atoms with Gasteiger partial charge in [0.25, 0.3) is 0 Å². The monoisotopic (exact) mass is 200 g/mol. The Balaban J connectivity index is 2.48. The summed E-state index contributed by atoms with van der Waals surface area (Å²) in [6.07, 6.45) is 5.18. The summed E-state index contributed by atoms with van der Waals surface area (Å²) in [6, 6.07) is 0.681. The Labute approximate surface area is 86.7 Å². The van der Waals surface area contributed by atoms with Crippen LogP contribution in [-0.4, -0.2) is 29.1 Å². The first-order chi connectivity index (χ1) is 6.29. The average Bonchev–Trinajstić information content (AvgIpc) is 2.18. The number of nitrogens with one attached hydrogen (secondary N) is 1. The first-order valence-electron chi connectivity index (χ1n) is 5.34. The zero-order valence-electron chi connectivity index (χ0n) is 8.68. The van der Waals surface area contributed by atoms with Crippen LogP contribution in [0.15, 0.2) is 0 Å². The van der Waals surface area contributed by atoms with E-state index in [-0.39, 0.29) is 0 Å². The summed E-state index contributed by atoms with van der Waals surface area (Å²) in [5.74, 6) is 0. The van der Waals surface area contributed by atoms with E-state index in [1.54, 1.807) is 0 Å². The third-order valence-electron chi connectivity index (χ3n) is 2.69. The van der Waals surface area contributed by atoms with E-state index in [1.165, 1.54) is 25.7 Å². The summed E-state index contributed by atoms with van der Waals surface area (Å²) in [6.45, 7) is 6.42. The molecule has 0 aromatic carbocycles. The van der Waals surface area contributed by atoms with Crippen LogP contribution in [0.25, 0.3) is 0 Å². The lowest BCUT2D eigenvalue weighted by atomic mass is 10.0. The van der Waals surface area contributed by atoms with Crippen LogP contribution in [0.4, 0.5) is 0 Å². The molecule has 76 valence electrons. The van der Waals surface area contributed by atoms with Crippen LogP contribution in [-0.2, 0) is 0 Å². The van der Waals surface area contributed by atoms with Gasteiger partial charge in [-0.1, -0.05) is 6.92 Å². The summed E-state index contributed by atoms with van der Waals surface area (Å²) in [5, 5.41) is 4.19. The number of hydrogen-bond donors (Lipinski definition) is 1. The lowest BCUT2D eigenvalue weighted by Crippen LogP contribution is -2.48. The minimum Gasteiger partial charge on any atom is -0.363 e. The smallest absolute Gasteiger partial charge is 0.169 e. The van der Waals surface area contributed by atoms with Crippen LogP contribution in [0.5, 0.6) is 0 Å². The number of piperidine rings is 1. The minimum absolute atomic E-state index is 0.681. The van der Waals surface area contributed by atoms with E-state index in [1.807, 2.05) is 0 Å². The van der Waals surface area contributed by atoms with Crippen molar-refractivity contribution in [1.29, 1.82) is 0 Å². The second-order valence-electron chi connectivity index (χ2n) is 3.59. The summed E-state index contributed by atoms with van der Waals surface area (Å²) in [5.41, 5.74) is 0. The van der Waals surface area contributed by atoms with Gasteiger partial charge in [-0.15, -0.1) is 0 Å². The molecule has 3 heteroatoms. The standard InChI is InChI=1S/C10H20N2S/c1-3-9-7-5-6-8-12(9)10(13)11-4-2/h9H,3-8H2,1-2H3,(H,11,13). The summed E-state index contributed by atoms with van der Waals surface area (Å²) < 4.78 is 0. The van der Waals surface area contributed by atoms with Crippen molar-refractivity contribution < 1.29 is 0 Å². The molecule has 1 aliphatic rings. The van der Waals surface area contributed by atoms with Crippen LogP contribution in [0, 0.1) is 0 Å². The molecule has 1 aliphatic heterocycles. The van der Waals surface area contributed by atoms with Crippen LogP contribution >= 0.6 is 12.2 Å². The fourth-order valence-corrected chi connectivity index (χ4v) is 2.33. The third-order valence-corrected chi connectivity index (χ3v) is 3.07. The van der Waals surface area contributed by atoms with Gasteiger partial charge in [0.05, 0.1) is 0 Å². The zero-order chi connectivity index (χ0) is 9.68. The molecule has 0 amide bonds. The molecule has 0 saturated carbocycles. The Kier molecular flexibility index (Phi) is 4.50. The van der Waals surface area contributed by atoms with E-state index < -0.39 is 0 Å². The molecule has 1 fully saturated rings. The molecule has 0 aliphatic carbocycles. The highest BCUT2D eigenvalue weighted by molar-refractivity contribution is 7.80. The van der Waals surface area contributed by atoms with Gasteiger partial charge in [-0.2, -0.15) is 0 Å². The van der Waals surface area contributed by atoms with Gasteiger partial charge in [0.15, 0.2) is 5.11 Å². The first kappa shape index (κ1) is 10.8. The van der Waals surface area contributed by atoms with E-state index in [2.05, 4.69) is 24.1 Å². The maximum atomic E-state index is 5.33. The Morgan fingerprint density at radius 2 is 2.23 bits per heavy atom. The predicted molar refractivity (Wildman–Crippen MR) is 60.9 cm³/mol. The van der Waals surface area contributed by atoms with Crippen molar-refractivity contribution in [2.24, 2.45) is 0 Å². The molecule has 0 aromatic rings. The number of rotatable bonds is 2. The molecule has 0 radical (unpaired) electrons. The number of nitrogens with zero attached hydrogens (tertiary/aromatic N) is 1. The van der Waals surface area contributed by atoms with Crippen LogP contribution in [0.3, 0.4) is 0 Å². The van der Waals surface area contributed by atoms with Crippen molar-refractivity contribution >= 4 is 17.3 Å². The van der Waals surface area contributed by atoms with Gasteiger partial charge in [-0.3, -0.25) is 0 Å². The van der Waals surface area contributed by atoms with E-state index in [0.29, 0.717) is 6.04 Å². The van der Waals surface area contributed by atoms with Crippen molar-refractivity contribution in [3.05, 3.63) is 0 Å². The lowest BCUT2D eigenvalue weighted by molar-refractivity contribution is 0.233. The van der Waals surface area contributed by atoms with Gasteiger partial charge in [0.2, 0.25) is 0 Å². The fraction of sp³-hybridized carbons (Fsp3) is 0.900. The largest absolute Gasteiger partial charge is 0.363 e. The predicted octanol–water partition coefficient (Wildman–Crippen LogP) is 2.15. The zero-order valence-corrected chi connectivity index (χ0v) is 9.49. The molecule has 1 N–H and O–H groups in total. The Bertz CT molecular complexity index is 170. The maximum absolute atomic E-state index is 5.33. The van der Waals surface area contributed by atoms with Crippen molar-refractivity contribution in [2.45, 2.75) is 45.6 Å². The minimum atomic E-state index is 0.681. The average molecular weight is 200 g/mol. The highest BCUT2D eigenvalue weighted by atomic mass is 32.1. The van der Waals surface area contributed by atoms with Crippen molar-refractivity contribution in [2.75, 3.05) is 13.1 Å². The Morgan fingerprint density at radius 1 is 1.46 bits per heavy atom. The molecule has 13 heavy (non-hydrogen) atoms. The maximum Gasteiger partial charge on any atom is 0.169 e. The summed E-state index contributed by atoms with van der Waals surface area (Å²) in [4.78, 5) is 2.36. The lowest BCUT2D eigenvalue weighted by Gasteiger charge is -2.37. The highest BCUT2D eigenvalue weighted by Gasteiger charge is 2.22. The molecule has 2 nitrogen and oxygen atoms in total. The summed E-state index contributed by atoms with van der Waals surface area (Å²) in [7, 11) is 0. The van der Waals surface area contributed by atoms with Crippen molar-refractivity contribution in [1.82, 2.24) is 10.2 Å². The van der Waals surface area contributed by atoms with Gasteiger partial charge in [-0.25, -0.2) is 0 Å². The molecular formula is C10H20N2S. The number of likely N-dealkylation sites (tertiary alicyclic amines) is 1. The topological polar surface area (TPSA) is 15.3 Å².